The van der Waals surface area contributed by atoms with E-state index in [2.05, 4.69) is 5.32 Å². The Hall–Kier alpha value is -2.13. The van der Waals surface area contributed by atoms with Crippen molar-refractivity contribution in [1.82, 2.24) is 0 Å². The van der Waals surface area contributed by atoms with Crippen LogP contribution in [0, 0.1) is 26.9 Å². The second-order valence-corrected chi connectivity index (χ2v) is 5.64. The van der Waals surface area contributed by atoms with Crippen LogP contribution < -0.4 is 5.32 Å². The molecule has 1 saturated carbocycles. The Bertz CT molecular complexity index is 560. The molecular weight excluding hydrogens is 270 g/mol. The van der Waals surface area contributed by atoms with Gasteiger partial charge in [0.25, 0.3) is 0 Å². The topological polar surface area (TPSA) is 99.2 Å². The van der Waals surface area contributed by atoms with E-state index in [1.54, 1.807) is 12.1 Å². The molecule has 1 aliphatic carbocycles. The summed E-state index contributed by atoms with van der Waals surface area (Å²) in [6, 6.07) is 6.51. The minimum absolute atomic E-state index is 0.0479. The Balaban J connectivity index is 2.20. The fourth-order valence-corrected chi connectivity index (χ4v) is 2.95. The van der Waals surface area contributed by atoms with Crippen molar-refractivity contribution in [3.8, 4) is 6.07 Å². The van der Waals surface area contributed by atoms with E-state index in [9.17, 15) is 15.2 Å². The molecule has 0 spiro atoms. The van der Waals surface area contributed by atoms with E-state index in [0.29, 0.717) is 12.2 Å². The maximum Gasteiger partial charge on any atom is 0.309 e. The first-order valence-electron chi connectivity index (χ1n) is 7.14. The minimum Gasteiger partial charge on any atom is -0.396 e. The zero-order chi connectivity index (χ0) is 15.3. The molecule has 0 heterocycles. The average Bonchev–Trinajstić information content (AvgIpc) is 2.53. The van der Waals surface area contributed by atoms with E-state index in [0.717, 1.165) is 25.7 Å². The van der Waals surface area contributed by atoms with Gasteiger partial charge in [0.1, 0.15) is 17.3 Å². The van der Waals surface area contributed by atoms with Gasteiger partial charge in [-0.1, -0.05) is 25.3 Å². The van der Waals surface area contributed by atoms with Gasteiger partial charge in [-0.3, -0.25) is 10.1 Å². The molecule has 0 aromatic heterocycles. The first kappa shape index (κ1) is 15.3. The molecule has 6 heteroatoms. The lowest BCUT2D eigenvalue weighted by molar-refractivity contribution is -0.384. The van der Waals surface area contributed by atoms with Crippen molar-refractivity contribution < 1.29 is 10.0 Å². The number of benzene rings is 1. The molecule has 1 aromatic rings. The third-order valence-electron chi connectivity index (χ3n) is 4.24. The highest BCUT2D eigenvalue weighted by Crippen LogP contribution is 2.37. The van der Waals surface area contributed by atoms with Crippen molar-refractivity contribution in [2.45, 2.75) is 32.1 Å². The monoisotopic (exact) mass is 289 g/mol. The molecular formula is C15H19N3O3. The molecule has 21 heavy (non-hydrogen) atoms. The van der Waals surface area contributed by atoms with Crippen LogP contribution in [0.3, 0.4) is 0 Å². The first-order chi connectivity index (χ1) is 10.1. The van der Waals surface area contributed by atoms with Gasteiger partial charge in [-0.05, 0) is 25.0 Å². The molecule has 2 N–H and O–H groups in total. The number of nitro benzene ring substituents is 1. The Morgan fingerprint density at radius 1 is 1.38 bits per heavy atom. The largest absolute Gasteiger partial charge is 0.396 e. The molecule has 6 nitrogen and oxygen atoms in total. The number of anilines is 1. The summed E-state index contributed by atoms with van der Waals surface area (Å²) >= 11 is 0. The lowest BCUT2D eigenvalue weighted by atomic mass is 9.74. The Labute approximate surface area is 123 Å². The highest BCUT2D eigenvalue weighted by atomic mass is 16.6. The number of para-hydroxylation sites is 1. The molecule has 0 atom stereocenters. The lowest BCUT2D eigenvalue weighted by Gasteiger charge is -2.35. The van der Waals surface area contributed by atoms with Crippen molar-refractivity contribution in [3.05, 3.63) is 33.9 Å². The van der Waals surface area contributed by atoms with Crippen LogP contribution in [-0.4, -0.2) is 23.2 Å². The van der Waals surface area contributed by atoms with Crippen LogP contribution in [0.15, 0.2) is 18.2 Å². The SMILES string of the molecule is N#Cc1cccc(NCC2(CO)CCCCC2)c1[N+](=O)[O-]. The number of nitriles is 1. The van der Waals surface area contributed by atoms with Crippen LogP contribution in [0.25, 0.3) is 0 Å². The Kier molecular flexibility index (Phi) is 4.76. The standard InChI is InChI=1S/C15H19N3O3/c16-9-12-5-4-6-13(14(12)18(20)21)17-10-15(11-19)7-2-1-3-8-15/h4-6,17,19H,1-3,7-8,10-11H2. The molecule has 2 rings (SSSR count). The van der Waals surface area contributed by atoms with Crippen molar-refractivity contribution in [3.63, 3.8) is 0 Å². The molecule has 0 unspecified atom stereocenters. The second kappa shape index (κ2) is 6.55. The van der Waals surface area contributed by atoms with Gasteiger partial charge in [-0.25, -0.2) is 0 Å². The molecule has 0 saturated heterocycles. The van der Waals surface area contributed by atoms with Crippen molar-refractivity contribution in [2.24, 2.45) is 5.41 Å². The van der Waals surface area contributed by atoms with Crippen LogP contribution in [0.1, 0.15) is 37.7 Å². The molecule has 0 bridgehead atoms. The fourth-order valence-electron chi connectivity index (χ4n) is 2.95. The summed E-state index contributed by atoms with van der Waals surface area (Å²) in [5.74, 6) is 0. The van der Waals surface area contributed by atoms with Crippen LogP contribution in [0.2, 0.25) is 0 Å². The molecule has 0 amide bonds. The molecule has 0 radical (unpaired) electrons. The lowest BCUT2D eigenvalue weighted by Crippen LogP contribution is -2.35. The molecule has 1 aromatic carbocycles. The molecule has 112 valence electrons. The van der Waals surface area contributed by atoms with Gasteiger partial charge in [-0.15, -0.1) is 0 Å². The fraction of sp³-hybridized carbons (Fsp3) is 0.533. The zero-order valence-electron chi connectivity index (χ0n) is 11.8. The predicted octanol–water partition coefficient (Wildman–Crippen LogP) is 2.82. The number of nitrogens with zero attached hydrogens (tertiary/aromatic N) is 2. The maximum atomic E-state index is 11.2. The van der Waals surface area contributed by atoms with E-state index in [1.807, 2.05) is 6.07 Å². The number of aliphatic hydroxyl groups excluding tert-OH is 1. The highest BCUT2D eigenvalue weighted by Gasteiger charge is 2.32. The smallest absolute Gasteiger partial charge is 0.309 e. The van der Waals surface area contributed by atoms with Gasteiger partial charge in [-0.2, -0.15) is 5.26 Å². The summed E-state index contributed by atoms with van der Waals surface area (Å²) in [5.41, 5.74) is -0.0116. The van der Waals surface area contributed by atoms with E-state index in [4.69, 9.17) is 5.26 Å². The summed E-state index contributed by atoms with van der Waals surface area (Å²) < 4.78 is 0. The Morgan fingerprint density at radius 2 is 2.10 bits per heavy atom. The summed E-state index contributed by atoms with van der Waals surface area (Å²) in [6.45, 7) is 0.560. The molecule has 1 aliphatic rings. The summed E-state index contributed by atoms with van der Waals surface area (Å²) in [7, 11) is 0. The second-order valence-electron chi connectivity index (χ2n) is 5.64. The summed E-state index contributed by atoms with van der Waals surface area (Å²) in [4.78, 5) is 10.6. The van der Waals surface area contributed by atoms with Gasteiger partial charge >= 0.3 is 5.69 Å². The first-order valence-corrected chi connectivity index (χ1v) is 7.14. The number of hydrogen-bond donors (Lipinski definition) is 2. The van der Waals surface area contributed by atoms with E-state index >= 15 is 0 Å². The van der Waals surface area contributed by atoms with Gasteiger partial charge in [0, 0.05) is 12.0 Å². The van der Waals surface area contributed by atoms with E-state index in [1.165, 1.54) is 12.5 Å². The Morgan fingerprint density at radius 3 is 2.67 bits per heavy atom. The number of hydrogen-bond acceptors (Lipinski definition) is 5. The van der Waals surface area contributed by atoms with Gasteiger partial charge < -0.3 is 10.4 Å². The number of rotatable bonds is 5. The molecule has 1 fully saturated rings. The average molecular weight is 289 g/mol. The number of nitro groups is 1. The minimum atomic E-state index is -0.534. The van der Waals surface area contributed by atoms with E-state index in [-0.39, 0.29) is 23.3 Å². The van der Waals surface area contributed by atoms with Crippen LogP contribution >= 0.6 is 0 Å². The predicted molar refractivity (Wildman–Crippen MR) is 78.9 cm³/mol. The third kappa shape index (κ3) is 3.31. The zero-order valence-corrected chi connectivity index (χ0v) is 11.8. The number of aliphatic hydroxyl groups is 1. The normalized spacial score (nSPS) is 17.0. The van der Waals surface area contributed by atoms with Crippen molar-refractivity contribution in [2.75, 3.05) is 18.5 Å². The molecule has 0 aliphatic heterocycles. The highest BCUT2D eigenvalue weighted by molar-refractivity contribution is 5.68. The number of nitrogens with one attached hydrogen (secondary N) is 1. The van der Waals surface area contributed by atoms with Gasteiger partial charge in [0.2, 0.25) is 0 Å². The third-order valence-corrected chi connectivity index (χ3v) is 4.24. The quantitative estimate of drug-likeness (QED) is 0.641. The van der Waals surface area contributed by atoms with Crippen LogP contribution in [0.4, 0.5) is 11.4 Å². The van der Waals surface area contributed by atoms with Gasteiger partial charge in [0.15, 0.2) is 0 Å². The van der Waals surface area contributed by atoms with Crippen molar-refractivity contribution >= 4 is 11.4 Å². The van der Waals surface area contributed by atoms with Crippen LogP contribution in [-0.2, 0) is 0 Å². The van der Waals surface area contributed by atoms with Crippen LogP contribution in [0.5, 0.6) is 0 Å². The summed E-state index contributed by atoms with van der Waals surface area (Å²) in [5, 5.41) is 32.9. The summed E-state index contributed by atoms with van der Waals surface area (Å²) in [6.07, 6.45) is 5.15. The van der Waals surface area contributed by atoms with E-state index < -0.39 is 4.92 Å². The maximum absolute atomic E-state index is 11.2. The van der Waals surface area contributed by atoms with Gasteiger partial charge in [0.05, 0.1) is 11.5 Å². The van der Waals surface area contributed by atoms with Crippen molar-refractivity contribution in [1.29, 1.82) is 5.26 Å².